The van der Waals surface area contributed by atoms with Crippen LogP contribution < -0.4 is 5.32 Å². The summed E-state index contributed by atoms with van der Waals surface area (Å²) in [7, 11) is 2.02. The van der Waals surface area contributed by atoms with Crippen LogP contribution in [0.15, 0.2) is 30.5 Å². The van der Waals surface area contributed by atoms with Crippen molar-refractivity contribution in [2.75, 3.05) is 7.05 Å². The predicted molar refractivity (Wildman–Crippen MR) is 88.6 cm³/mol. The van der Waals surface area contributed by atoms with Crippen LogP contribution in [0.1, 0.15) is 54.7 Å². The lowest BCUT2D eigenvalue weighted by Crippen LogP contribution is -2.20. The lowest BCUT2D eigenvalue weighted by molar-refractivity contribution is 0.469. The van der Waals surface area contributed by atoms with Crippen molar-refractivity contribution in [3.63, 3.8) is 0 Å². The fourth-order valence-electron chi connectivity index (χ4n) is 2.71. The van der Waals surface area contributed by atoms with Gasteiger partial charge in [-0.15, -0.1) is 0 Å². The van der Waals surface area contributed by atoms with E-state index in [1.807, 2.05) is 7.05 Å². The van der Waals surface area contributed by atoms with Gasteiger partial charge in [0.2, 0.25) is 0 Å². The number of benzene rings is 1. The van der Waals surface area contributed by atoms with Crippen LogP contribution in [0.5, 0.6) is 0 Å². The minimum Gasteiger partial charge on any atom is -0.313 e. The van der Waals surface area contributed by atoms with Crippen molar-refractivity contribution in [2.24, 2.45) is 0 Å². The minimum atomic E-state index is 0.311. The van der Waals surface area contributed by atoms with E-state index in [1.54, 1.807) is 0 Å². The first kappa shape index (κ1) is 15.8. The third-order valence-electron chi connectivity index (χ3n) is 4.27. The van der Waals surface area contributed by atoms with E-state index in [0.717, 1.165) is 18.5 Å². The molecule has 0 aliphatic heterocycles. The van der Waals surface area contributed by atoms with E-state index in [9.17, 15) is 0 Å². The van der Waals surface area contributed by atoms with Crippen molar-refractivity contribution < 1.29 is 0 Å². The molecule has 3 nitrogen and oxygen atoms in total. The summed E-state index contributed by atoms with van der Waals surface area (Å²) < 4.78 is 2.07. The summed E-state index contributed by atoms with van der Waals surface area (Å²) >= 11 is 0. The van der Waals surface area contributed by atoms with Crippen LogP contribution in [0.3, 0.4) is 0 Å². The first-order chi connectivity index (χ1) is 10.0. The van der Waals surface area contributed by atoms with Crippen LogP contribution in [-0.4, -0.2) is 16.8 Å². The third-order valence-corrected chi connectivity index (χ3v) is 4.27. The molecule has 2 rings (SSSR count). The highest BCUT2D eigenvalue weighted by Gasteiger charge is 2.15. The normalized spacial score (nSPS) is 14.1. The summed E-state index contributed by atoms with van der Waals surface area (Å²) in [6.45, 7) is 8.72. The van der Waals surface area contributed by atoms with Gasteiger partial charge in [-0.25, -0.2) is 0 Å². The molecule has 1 N–H and O–H groups in total. The molecule has 0 bridgehead atoms. The molecule has 0 saturated carbocycles. The Hall–Kier alpha value is -1.61. The van der Waals surface area contributed by atoms with Gasteiger partial charge in [-0.2, -0.15) is 5.10 Å². The van der Waals surface area contributed by atoms with Crippen molar-refractivity contribution >= 4 is 0 Å². The van der Waals surface area contributed by atoms with E-state index in [2.05, 4.69) is 68.2 Å². The van der Waals surface area contributed by atoms with Gasteiger partial charge in [-0.3, -0.25) is 4.68 Å². The number of aryl methyl sites for hydroxylation is 2. The second kappa shape index (κ2) is 6.90. The van der Waals surface area contributed by atoms with Crippen LogP contribution >= 0.6 is 0 Å². The highest BCUT2D eigenvalue weighted by molar-refractivity contribution is 5.33. The molecule has 0 aliphatic carbocycles. The largest absolute Gasteiger partial charge is 0.313 e. The summed E-state index contributed by atoms with van der Waals surface area (Å²) in [5, 5.41) is 8.15. The number of hydrogen-bond donors (Lipinski definition) is 1. The molecule has 2 atom stereocenters. The van der Waals surface area contributed by atoms with Crippen LogP contribution in [0.4, 0.5) is 0 Å². The summed E-state index contributed by atoms with van der Waals surface area (Å²) in [5.74, 6) is 0. The van der Waals surface area contributed by atoms with Crippen LogP contribution in [0, 0.1) is 13.8 Å². The number of likely N-dealkylation sites (N-methyl/N-ethyl adjacent to an activating group) is 1. The van der Waals surface area contributed by atoms with Gasteiger partial charge in [0.05, 0.1) is 5.69 Å². The standard InChI is InChI=1S/C18H27N3/c1-6-15(4)21-10-9-16(20-21)12-18(19-5)17-8-7-13(2)11-14(17)3/h7-11,15,18-19H,6,12H2,1-5H3. The molecule has 3 heteroatoms. The summed E-state index contributed by atoms with van der Waals surface area (Å²) in [4.78, 5) is 0. The number of hydrogen-bond acceptors (Lipinski definition) is 2. The number of nitrogens with one attached hydrogen (secondary N) is 1. The third kappa shape index (κ3) is 3.73. The molecule has 2 unspecified atom stereocenters. The highest BCUT2D eigenvalue weighted by Crippen LogP contribution is 2.22. The van der Waals surface area contributed by atoms with E-state index in [0.29, 0.717) is 12.1 Å². The highest BCUT2D eigenvalue weighted by atomic mass is 15.3. The Morgan fingerprint density at radius 3 is 2.62 bits per heavy atom. The van der Waals surface area contributed by atoms with Crippen molar-refractivity contribution in [3.05, 3.63) is 52.8 Å². The van der Waals surface area contributed by atoms with Crippen molar-refractivity contribution in [2.45, 2.75) is 52.6 Å². The van der Waals surface area contributed by atoms with Crippen molar-refractivity contribution in [1.82, 2.24) is 15.1 Å². The Morgan fingerprint density at radius 2 is 2.00 bits per heavy atom. The maximum Gasteiger partial charge on any atom is 0.0643 e. The second-order valence-corrected chi connectivity index (χ2v) is 5.95. The zero-order chi connectivity index (χ0) is 15.4. The van der Waals surface area contributed by atoms with Gasteiger partial charge in [0.25, 0.3) is 0 Å². The average Bonchev–Trinajstić information content (AvgIpc) is 2.93. The quantitative estimate of drug-likeness (QED) is 0.870. The van der Waals surface area contributed by atoms with Gasteiger partial charge in [0.15, 0.2) is 0 Å². The average molecular weight is 285 g/mol. The summed E-state index contributed by atoms with van der Waals surface area (Å²) in [6.07, 6.45) is 4.12. The molecule has 0 spiro atoms. The Balaban J connectivity index is 2.17. The lowest BCUT2D eigenvalue weighted by Gasteiger charge is -2.18. The second-order valence-electron chi connectivity index (χ2n) is 5.95. The fourth-order valence-corrected chi connectivity index (χ4v) is 2.71. The van der Waals surface area contributed by atoms with Gasteiger partial charge in [-0.1, -0.05) is 30.7 Å². The van der Waals surface area contributed by atoms with E-state index < -0.39 is 0 Å². The number of aromatic nitrogens is 2. The molecule has 1 heterocycles. The maximum absolute atomic E-state index is 4.72. The van der Waals surface area contributed by atoms with Gasteiger partial charge >= 0.3 is 0 Å². The molecular weight excluding hydrogens is 258 g/mol. The topological polar surface area (TPSA) is 29.9 Å². The first-order valence-electron chi connectivity index (χ1n) is 7.83. The molecule has 0 fully saturated rings. The van der Waals surface area contributed by atoms with Crippen LogP contribution in [-0.2, 0) is 6.42 Å². The zero-order valence-corrected chi connectivity index (χ0v) is 13.9. The smallest absolute Gasteiger partial charge is 0.0643 e. The monoisotopic (exact) mass is 285 g/mol. The van der Waals surface area contributed by atoms with Crippen LogP contribution in [0.25, 0.3) is 0 Å². The van der Waals surface area contributed by atoms with Gasteiger partial charge in [0.1, 0.15) is 0 Å². The molecule has 1 aromatic heterocycles. The number of nitrogens with zero attached hydrogens (tertiary/aromatic N) is 2. The Bertz CT molecular complexity index is 586. The summed E-state index contributed by atoms with van der Waals surface area (Å²) in [6, 6.07) is 9.58. The minimum absolute atomic E-state index is 0.311. The molecule has 21 heavy (non-hydrogen) atoms. The van der Waals surface area contributed by atoms with Gasteiger partial charge < -0.3 is 5.32 Å². The van der Waals surface area contributed by atoms with E-state index in [4.69, 9.17) is 5.10 Å². The molecule has 0 aliphatic rings. The molecule has 0 radical (unpaired) electrons. The van der Waals surface area contributed by atoms with Crippen molar-refractivity contribution in [1.29, 1.82) is 0 Å². The molecule has 0 saturated heterocycles. The van der Waals surface area contributed by atoms with E-state index in [1.165, 1.54) is 16.7 Å². The maximum atomic E-state index is 4.72. The van der Waals surface area contributed by atoms with Gasteiger partial charge in [-0.05, 0) is 51.4 Å². The zero-order valence-electron chi connectivity index (χ0n) is 13.9. The fraction of sp³-hybridized carbons (Fsp3) is 0.500. The Kier molecular flexibility index (Phi) is 5.18. The molecule has 1 aromatic carbocycles. The number of rotatable bonds is 6. The molecule has 2 aromatic rings. The first-order valence-corrected chi connectivity index (χ1v) is 7.83. The molecular formula is C18H27N3. The van der Waals surface area contributed by atoms with Gasteiger partial charge in [0, 0.05) is 24.7 Å². The van der Waals surface area contributed by atoms with E-state index in [-0.39, 0.29) is 0 Å². The predicted octanol–water partition coefficient (Wildman–Crippen LogP) is 3.97. The summed E-state index contributed by atoms with van der Waals surface area (Å²) in [5.41, 5.74) is 5.17. The van der Waals surface area contributed by atoms with Crippen molar-refractivity contribution in [3.8, 4) is 0 Å². The molecule has 0 amide bonds. The SMILES string of the molecule is CCC(C)n1ccc(CC(NC)c2ccc(C)cc2C)n1. The van der Waals surface area contributed by atoms with Crippen LogP contribution in [0.2, 0.25) is 0 Å². The van der Waals surface area contributed by atoms with E-state index >= 15 is 0 Å². The lowest BCUT2D eigenvalue weighted by atomic mass is 9.96. The Morgan fingerprint density at radius 1 is 1.24 bits per heavy atom. The molecule has 114 valence electrons. The Labute approximate surface area is 128 Å².